The lowest BCUT2D eigenvalue weighted by molar-refractivity contribution is -0.123. The molecule has 0 spiro atoms. The van der Waals surface area contributed by atoms with Crippen LogP contribution in [0.5, 0.6) is 11.5 Å². The molecule has 10 heteroatoms. The molecule has 1 heterocycles. The minimum Gasteiger partial charge on any atom is -0.490 e. The van der Waals surface area contributed by atoms with Crippen LogP contribution in [-0.2, 0) is 11.4 Å². The van der Waals surface area contributed by atoms with Crippen LogP contribution in [0.25, 0.3) is 6.08 Å². The molecule has 37 heavy (non-hydrogen) atoms. The molecule has 1 aliphatic rings. The van der Waals surface area contributed by atoms with Gasteiger partial charge in [-0.2, -0.15) is 5.01 Å². The summed E-state index contributed by atoms with van der Waals surface area (Å²) in [6, 6.07) is 18.7. The molecule has 3 aromatic carbocycles. The molecular weight excluding hydrogens is 643 g/mol. The number of nitrogens with one attached hydrogen (secondary N) is 1. The average Bonchev–Trinajstić information content (AvgIpc) is 3.11. The summed E-state index contributed by atoms with van der Waals surface area (Å²) in [5.74, 6) is 0.271. The van der Waals surface area contributed by atoms with Crippen LogP contribution >= 0.6 is 58.2 Å². The summed E-state index contributed by atoms with van der Waals surface area (Å²) in [6.45, 7) is 4.63. The van der Waals surface area contributed by atoms with Gasteiger partial charge in [-0.1, -0.05) is 59.8 Å². The minimum absolute atomic E-state index is 0.218. The number of thioether (sulfide) groups is 1. The number of thiocarbonyl (C=S) groups is 1. The number of aryl methyl sites for hydroxylation is 1. The maximum absolute atomic E-state index is 13.1. The Morgan fingerprint density at radius 3 is 2.62 bits per heavy atom. The molecule has 0 bridgehead atoms. The molecule has 1 saturated heterocycles. The molecule has 2 amide bonds. The van der Waals surface area contributed by atoms with Crippen molar-refractivity contribution < 1.29 is 19.1 Å². The van der Waals surface area contributed by atoms with Gasteiger partial charge in [-0.3, -0.25) is 15.0 Å². The van der Waals surface area contributed by atoms with Gasteiger partial charge < -0.3 is 9.47 Å². The average molecular weight is 665 g/mol. The second kappa shape index (κ2) is 12.3. The lowest BCUT2D eigenvalue weighted by atomic mass is 10.1. The highest BCUT2D eigenvalue weighted by molar-refractivity contribution is 14.1. The normalized spacial score (nSPS) is 14.3. The van der Waals surface area contributed by atoms with Crippen molar-refractivity contribution in [3.05, 3.63) is 96.4 Å². The van der Waals surface area contributed by atoms with Crippen molar-refractivity contribution >= 4 is 80.4 Å². The van der Waals surface area contributed by atoms with Crippen molar-refractivity contribution in [1.29, 1.82) is 0 Å². The lowest BCUT2D eigenvalue weighted by Crippen LogP contribution is -2.44. The van der Waals surface area contributed by atoms with Gasteiger partial charge in [-0.25, -0.2) is 0 Å². The van der Waals surface area contributed by atoms with Crippen LogP contribution in [-0.4, -0.2) is 27.8 Å². The van der Waals surface area contributed by atoms with Crippen molar-refractivity contribution in [2.75, 3.05) is 6.61 Å². The Labute approximate surface area is 243 Å². The first-order chi connectivity index (χ1) is 17.8. The number of nitrogens with zero attached hydrogens (tertiary/aromatic N) is 1. The number of benzene rings is 3. The molecule has 3 aromatic rings. The van der Waals surface area contributed by atoms with E-state index in [0.717, 1.165) is 37.0 Å². The molecule has 6 nitrogen and oxygen atoms in total. The minimum atomic E-state index is -0.518. The van der Waals surface area contributed by atoms with E-state index in [0.29, 0.717) is 34.6 Å². The Morgan fingerprint density at radius 2 is 1.92 bits per heavy atom. The monoisotopic (exact) mass is 664 g/mol. The van der Waals surface area contributed by atoms with Crippen LogP contribution in [0.15, 0.2) is 65.6 Å². The predicted molar refractivity (Wildman–Crippen MR) is 160 cm³/mol. The maximum atomic E-state index is 13.1. The lowest BCUT2D eigenvalue weighted by Gasteiger charge is -2.16. The number of carbonyl (C=O) groups is 2. The summed E-state index contributed by atoms with van der Waals surface area (Å²) in [7, 11) is 0. The predicted octanol–water partition coefficient (Wildman–Crippen LogP) is 6.78. The number of hydrogen-bond acceptors (Lipinski definition) is 6. The van der Waals surface area contributed by atoms with E-state index in [-0.39, 0.29) is 9.88 Å². The van der Waals surface area contributed by atoms with Gasteiger partial charge in [0, 0.05) is 0 Å². The number of ether oxygens (including phenoxy) is 2. The largest absolute Gasteiger partial charge is 0.490 e. The Morgan fingerprint density at radius 1 is 1.16 bits per heavy atom. The summed E-state index contributed by atoms with van der Waals surface area (Å²) >= 11 is 14.9. The molecule has 0 unspecified atom stereocenters. The number of carbonyl (C=O) groups excluding carboxylic acids is 2. The van der Waals surface area contributed by atoms with Crippen LogP contribution in [0.4, 0.5) is 0 Å². The third-order valence-electron chi connectivity index (χ3n) is 5.23. The number of hydrogen-bond donors (Lipinski definition) is 1. The van der Waals surface area contributed by atoms with E-state index in [4.69, 9.17) is 33.3 Å². The molecule has 0 saturated carbocycles. The van der Waals surface area contributed by atoms with Gasteiger partial charge in [-0.05, 0) is 95.7 Å². The van der Waals surface area contributed by atoms with Crippen molar-refractivity contribution in [1.82, 2.24) is 10.4 Å². The first-order valence-corrected chi connectivity index (χ1v) is 13.9. The van der Waals surface area contributed by atoms with Gasteiger partial charge in [-0.15, -0.1) is 0 Å². The van der Waals surface area contributed by atoms with Gasteiger partial charge >= 0.3 is 0 Å². The van der Waals surface area contributed by atoms with Crippen LogP contribution in [0.1, 0.15) is 34.0 Å². The standard InChI is InChI=1S/C27H22ClIN2O4S2/c1-3-34-22-13-18(12-21(29)24(22)35-15-17-7-5-4-6-8-17)14-23-26(33)31(27(36)37-23)30-25(32)19-10-9-16(2)11-20(19)28/h4-14H,3,15H2,1-2H3,(H,30,32)/b23-14+. The molecule has 0 atom stereocenters. The van der Waals surface area contributed by atoms with Crippen LogP contribution in [0.3, 0.4) is 0 Å². The van der Waals surface area contributed by atoms with E-state index >= 15 is 0 Å². The highest BCUT2D eigenvalue weighted by atomic mass is 127. The fraction of sp³-hybridized carbons (Fsp3) is 0.148. The smallest absolute Gasteiger partial charge is 0.285 e. The van der Waals surface area contributed by atoms with Crippen molar-refractivity contribution in [2.24, 2.45) is 0 Å². The fourth-order valence-electron chi connectivity index (χ4n) is 3.49. The Bertz CT molecular complexity index is 1400. The summed E-state index contributed by atoms with van der Waals surface area (Å²) < 4.78 is 13.0. The summed E-state index contributed by atoms with van der Waals surface area (Å²) in [6.07, 6.45) is 1.72. The SMILES string of the molecule is CCOc1cc(/C=C2/SC(=S)N(NC(=O)c3ccc(C)cc3Cl)C2=O)cc(I)c1OCc1ccccc1. The van der Waals surface area contributed by atoms with Crippen molar-refractivity contribution in [3.8, 4) is 11.5 Å². The van der Waals surface area contributed by atoms with Gasteiger partial charge in [0.25, 0.3) is 11.8 Å². The van der Waals surface area contributed by atoms with E-state index in [1.54, 1.807) is 24.3 Å². The second-order valence-corrected chi connectivity index (χ2v) is 11.2. The Hall–Kier alpha value is -2.60. The molecule has 1 fully saturated rings. The first-order valence-electron chi connectivity index (χ1n) is 11.2. The zero-order valence-corrected chi connectivity index (χ0v) is 24.5. The number of amides is 2. The molecule has 1 N–H and O–H groups in total. The van der Waals surface area contributed by atoms with Crippen LogP contribution in [0.2, 0.25) is 5.02 Å². The number of hydrazine groups is 1. The highest BCUT2D eigenvalue weighted by Crippen LogP contribution is 2.37. The maximum Gasteiger partial charge on any atom is 0.285 e. The zero-order chi connectivity index (χ0) is 26.5. The Kier molecular flexibility index (Phi) is 9.12. The third kappa shape index (κ3) is 6.64. The van der Waals surface area contributed by atoms with E-state index in [1.807, 2.05) is 56.3 Å². The van der Waals surface area contributed by atoms with Crippen molar-refractivity contribution in [2.45, 2.75) is 20.5 Å². The van der Waals surface area contributed by atoms with Gasteiger partial charge in [0.15, 0.2) is 15.8 Å². The Balaban J connectivity index is 1.54. The van der Waals surface area contributed by atoms with E-state index < -0.39 is 11.8 Å². The molecule has 190 valence electrons. The summed E-state index contributed by atoms with van der Waals surface area (Å²) in [4.78, 5) is 26.2. The van der Waals surface area contributed by atoms with Crippen LogP contribution in [0, 0.1) is 10.5 Å². The molecule has 4 rings (SSSR count). The molecule has 1 aliphatic heterocycles. The van der Waals surface area contributed by atoms with Gasteiger partial charge in [0.05, 0.1) is 25.7 Å². The quantitative estimate of drug-likeness (QED) is 0.163. The van der Waals surface area contributed by atoms with Crippen molar-refractivity contribution in [3.63, 3.8) is 0 Å². The van der Waals surface area contributed by atoms with Crippen LogP contribution < -0.4 is 14.9 Å². The molecule has 0 aliphatic carbocycles. The zero-order valence-electron chi connectivity index (χ0n) is 19.9. The number of halogens is 2. The molecular formula is C27H22ClIN2O4S2. The molecule has 0 radical (unpaired) electrons. The second-order valence-electron chi connectivity index (χ2n) is 7.98. The van der Waals surface area contributed by atoms with E-state index in [9.17, 15) is 9.59 Å². The van der Waals surface area contributed by atoms with E-state index in [1.165, 1.54) is 0 Å². The fourth-order valence-corrected chi connectivity index (χ4v) is 5.77. The highest BCUT2D eigenvalue weighted by Gasteiger charge is 2.34. The van der Waals surface area contributed by atoms with E-state index in [2.05, 4.69) is 28.0 Å². The number of rotatable bonds is 8. The first kappa shape index (κ1) is 27.4. The summed E-state index contributed by atoms with van der Waals surface area (Å²) in [5, 5.41) is 1.36. The molecule has 0 aromatic heterocycles. The third-order valence-corrected chi connectivity index (χ3v) is 7.65. The topological polar surface area (TPSA) is 67.9 Å². The van der Waals surface area contributed by atoms with Gasteiger partial charge in [0.2, 0.25) is 0 Å². The van der Waals surface area contributed by atoms with Gasteiger partial charge in [0.1, 0.15) is 6.61 Å². The summed E-state index contributed by atoms with van der Waals surface area (Å²) in [5.41, 5.74) is 5.53.